The van der Waals surface area contributed by atoms with Gasteiger partial charge in [0.25, 0.3) is 0 Å². The van der Waals surface area contributed by atoms with E-state index in [-0.39, 0.29) is 5.91 Å². The Morgan fingerprint density at radius 1 is 0.929 bits per heavy atom. The Kier molecular flexibility index (Phi) is 6.93. The van der Waals surface area contributed by atoms with Crippen LogP contribution in [0.3, 0.4) is 0 Å². The molecule has 1 aliphatic heterocycles. The van der Waals surface area contributed by atoms with Gasteiger partial charge in [-0.2, -0.15) is 0 Å². The standard InChI is InChI=1S/C23H30N2O3/c1-18-5-6-20(15-22(18)28-3)16-23(26)25-12-4-11-24(13-14-25)17-19-7-9-21(27-2)10-8-19/h5-10,15H,4,11-14,16-17H2,1-3H3. The molecule has 0 bridgehead atoms. The summed E-state index contributed by atoms with van der Waals surface area (Å²) >= 11 is 0. The third-order valence-electron chi connectivity index (χ3n) is 5.33. The molecule has 0 atom stereocenters. The van der Waals surface area contributed by atoms with Gasteiger partial charge >= 0.3 is 0 Å². The first-order valence-electron chi connectivity index (χ1n) is 9.85. The Morgan fingerprint density at radius 2 is 1.68 bits per heavy atom. The summed E-state index contributed by atoms with van der Waals surface area (Å²) in [6, 6.07) is 14.2. The van der Waals surface area contributed by atoms with Crippen LogP contribution >= 0.6 is 0 Å². The van der Waals surface area contributed by atoms with Crippen LogP contribution < -0.4 is 9.47 Å². The fourth-order valence-corrected chi connectivity index (χ4v) is 3.63. The molecule has 1 aliphatic rings. The summed E-state index contributed by atoms with van der Waals surface area (Å²) in [5.74, 6) is 1.91. The number of carbonyl (C=O) groups excluding carboxylic acids is 1. The second-order valence-electron chi connectivity index (χ2n) is 7.34. The van der Waals surface area contributed by atoms with Gasteiger partial charge in [-0.25, -0.2) is 0 Å². The second kappa shape index (κ2) is 9.60. The van der Waals surface area contributed by atoms with Gasteiger partial charge in [0.15, 0.2) is 0 Å². The van der Waals surface area contributed by atoms with Crippen molar-refractivity contribution in [3.05, 3.63) is 59.2 Å². The molecule has 28 heavy (non-hydrogen) atoms. The molecular formula is C23H30N2O3. The molecule has 0 radical (unpaired) electrons. The minimum Gasteiger partial charge on any atom is -0.497 e. The summed E-state index contributed by atoms with van der Waals surface area (Å²) < 4.78 is 10.6. The lowest BCUT2D eigenvalue weighted by molar-refractivity contribution is -0.130. The lowest BCUT2D eigenvalue weighted by Gasteiger charge is -2.22. The zero-order valence-electron chi connectivity index (χ0n) is 17.1. The van der Waals surface area contributed by atoms with Gasteiger partial charge < -0.3 is 14.4 Å². The van der Waals surface area contributed by atoms with Gasteiger partial charge in [-0.05, 0) is 48.2 Å². The van der Waals surface area contributed by atoms with Crippen LogP contribution in [0.15, 0.2) is 42.5 Å². The first-order valence-corrected chi connectivity index (χ1v) is 9.85. The van der Waals surface area contributed by atoms with Gasteiger partial charge in [0, 0.05) is 32.7 Å². The highest BCUT2D eigenvalue weighted by molar-refractivity contribution is 5.79. The largest absolute Gasteiger partial charge is 0.497 e. The van der Waals surface area contributed by atoms with E-state index in [1.165, 1.54) is 5.56 Å². The molecule has 0 unspecified atom stereocenters. The lowest BCUT2D eigenvalue weighted by Crippen LogP contribution is -2.36. The fraction of sp³-hybridized carbons (Fsp3) is 0.435. The first kappa shape index (κ1) is 20.2. The number of hydrogen-bond acceptors (Lipinski definition) is 4. The fourth-order valence-electron chi connectivity index (χ4n) is 3.63. The van der Waals surface area contributed by atoms with Crippen LogP contribution in [0.4, 0.5) is 0 Å². The SMILES string of the molecule is COc1ccc(CN2CCCN(C(=O)Cc3ccc(C)c(OC)c3)CC2)cc1. The van der Waals surface area contributed by atoms with Crippen LogP contribution in [0.25, 0.3) is 0 Å². The third-order valence-corrected chi connectivity index (χ3v) is 5.33. The van der Waals surface area contributed by atoms with Crippen molar-refractivity contribution >= 4 is 5.91 Å². The Balaban J connectivity index is 1.54. The number of methoxy groups -OCH3 is 2. The quantitative estimate of drug-likeness (QED) is 0.769. The van der Waals surface area contributed by atoms with Crippen molar-refractivity contribution in [1.29, 1.82) is 0 Å². The summed E-state index contributed by atoms with van der Waals surface area (Å²) in [5.41, 5.74) is 3.36. The van der Waals surface area contributed by atoms with E-state index in [0.717, 1.165) is 61.8 Å². The lowest BCUT2D eigenvalue weighted by atomic mass is 10.1. The Morgan fingerprint density at radius 3 is 2.39 bits per heavy atom. The van der Waals surface area contributed by atoms with E-state index in [1.54, 1.807) is 14.2 Å². The zero-order chi connectivity index (χ0) is 19.9. The molecule has 0 aliphatic carbocycles. The zero-order valence-corrected chi connectivity index (χ0v) is 17.1. The molecule has 2 aromatic carbocycles. The molecule has 0 saturated carbocycles. The average Bonchev–Trinajstić information content (AvgIpc) is 2.95. The van der Waals surface area contributed by atoms with Gasteiger partial charge in [-0.15, -0.1) is 0 Å². The van der Waals surface area contributed by atoms with Gasteiger partial charge in [-0.3, -0.25) is 9.69 Å². The van der Waals surface area contributed by atoms with E-state index in [0.29, 0.717) is 6.42 Å². The Bertz CT molecular complexity index is 789. The third kappa shape index (κ3) is 5.26. The predicted octanol–water partition coefficient (Wildman–Crippen LogP) is 3.29. The molecule has 1 amide bonds. The van der Waals surface area contributed by atoms with Crippen LogP contribution in [-0.4, -0.2) is 56.1 Å². The average molecular weight is 383 g/mol. The van der Waals surface area contributed by atoms with Gasteiger partial charge in [0.1, 0.15) is 11.5 Å². The predicted molar refractivity (Wildman–Crippen MR) is 111 cm³/mol. The molecule has 0 aromatic heterocycles. The number of amides is 1. The molecule has 2 aromatic rings. The number of ether oxygens (including phenoxy) is 2. The molecule has 1 saturated heterocycles. The number of nitrogens with zero attached hydrogens (tertiary/aromatic N) is 2. The number of aryl methyl sites for hydroxylation is 1. The summed E-state index contributed by atoms with van der Waals surface area (Å²) in [4.78, 5) is 17.2. The summed E-state index contributed by atoms with van der Waals surface area (Å²) in [6.07, 6.45) is 1.42. The van der Waals surface area contributed by atoms with Gasteiger partial charge in [-0.1, -0.05) is 24.3 Å². The molecule has 1 fully saturated rings. The van der Waals surface area contributed by atoms with Crippen molar-refractivity contribution < 1.29 is 14.3 Å². The smallest absolute Gasteiger partial charge is 0.227 e. The van der Waals surface area contributed by atoms with E-state index < -0.39 is 0 Å². The molecule has 1 heterocycles. The number of carbonyl (C=O) groups is 1. The summed E-state index contributed by atoms with van der Waals surface area (Å²) in [7, 11) is 3.35. The highest BCUT2D eigenvalue weighted by Gasteiger charge is 2.19. The van der Waals surface area contributed by atoms with E-state index >= 15 is 0 Å². The van der Waals surface area contributed by atoms with E-state index in [2.05, 4.69) is 17.0 Å². The first-order chi connectivity index (χ1) is 13.6. The van der Waals surface area contributed by atoms with Crippen molar-refractivity contribution in [2.24, 2.45) is 0 Å². The highest BCUT2D eigenvalue weighted by atomic mass is 16.5. The molecule has 0 N–H and O–H groups in total. The van der Waals surface area contributed by atoms with E-state index in [1.807, 2.05) is 42.2 Å². The van der Waals surface area contributed by atoms with Crippen LogP contribution in [-0.2, 0) is 17.8 Å². The van der Waals surface area contributed by atoms with E-state index in [4.69, 9.17) is 9.47 Å². The topological polar surface area (TPSA) is 42.0 Å². The maximum Gasteiger partial charge on any atom is 0.227 e. The number of benzene rings is 2. The Labute approximate surface area is 167 Å². The summed E-state index contributed by atoms with van der Waals surface area (Å²) in [6.45, 7) is 6.42. The second-order valence-corrected chi connectivity index (χ2v) is 7.34. The van der Waals surface area contributed by atoms with Crippen molar-refractivity contribution in [3.63, 3.8) is 0 Å². The highest BCUT2D eigenvalue weighted by Crippen LogP contribution is 2.20. The normalized spacial score (nSPS) is 15.2. The maximum absolute atomic E-state index is 12.8. The number of rotatable bonds is 6. The van der Waals surface area contributed by atoms with Crippen LogP contribution in [0.2, 0.25) is 0 Å². The molecule has 5 nitrogen and oxygen atoms in total. The van der Waals surface area contributed by atoms with Crippen molar-refractivity contribution in [1.82, 2.24) is 9.80 Å². The molecule has 5 heteroatoms. The van der Waals surface area contributed by atoms with E-state index in [9.17, 15) is 4.79 Å². The van der Waals surface area contributed by atoms with Crippen molar-refractivity contribution in [2.75, 3.05) is 40.4 Å². The van der Waals surface area contributed by atoms with Crippen molar-refractivity contribution in [2.45, 2.75) is 26.3 Å². The number of hydrogen-bond donors (Lipinski definition) is 0. The molecule has 0 spiro atoms. The van der Waals surface area contributed by atoms with Crippen molar-refractivity contribution in [3.8, 4) is 11.5 Å². The molecule has 150 valence electrons. The van der Waals surface area contributed by atoms with Gasteiger partial charge in [0.05, 0.1) is 20.6 Å². The molecular weight excluding hydrogens is 352 g/mol. The van der Waals surface area contributed by atoms with Crippen LogP contribution in [0.1, 0.15) is 23.1 Å². The van der Waals surface area contributed by atoms with Crippen LogP contribution in [0, 0.1) is 6.92 Å². The molecule has 3 rings (SSSR count). The monoisotopic (exact) mass is 382 g/mol. The summed E-state index contributed by atoms with van der Waals surface area (Å²) in [5, 5.41) is 0. The van der Waals surface area contributed by atoms with Gasteiger partial charge in [0.2, 0.25) is 5.91 Å². The maximum atomic E-state index is 12.8. The Hall–Kier alpha value is -2.53. The minimum atomic E-state index is 0.192. The van der Waals surface area contributed by atoms with Crippen LogP contribution in [0.5, 0.6) is 11.5 Å². The minimum absolute atomic E-state index is 0.192.